The van der Waals surface area contributed by atoms with E-state index in [9.17, 15) is 4.79 Å². The van der Waals surface area contributed by atoms with Crippen molar-refractivity contribution < 1.29 is 14.3 Å². The Morgan fingerprint density at radius 2 is 2.35 bits per heavy atom. The van der Waals surface area contributed by atoms with Crippen LogP contribution in [-0.2, 0) is 14.3 Å². The molecule has 0 saturated carbocycles. The zero-order chi connectivity index (χ0) is 12.3. The highest BCUT2D eigenvalue weighted by Crippen LogP contribution is 2.23. The van der Waals surface area contributed by atoms with Gasteiger partial charge in [0, 0.05) is 32.8 Å². The summed E-state index contributed by atoms with van der Waals surface area (Å²) in [6, 6.07) is 0.102. The number of carbonyl (C=O) groups is 1. The smallest absolute Gasteiger partial charge is 0.251 e. The Labute approximate surface area is 102 Å². The lowest BCUT2D eigenvalue weighted by Gasteiger charge is -2.39. The molecule has 17 heavy (non-hydrogen) atoms. The Morgan fingerprint density at radius 3 is 2.94 bits per heavy atom. The van der Waals surface area contributed by atoms with E-state index >= 15 is 0 Å². The van der Waals surface area contributed by atoms with Crippen LogP contribution in [0.25, 0.3) is 0 Å². The minimum absolute atomic E-state index is 0.102. The van der Waals surface area contributed by atoms with E-state index in [0.29, 0.717) is 13.2 Å². The molecule has 5 nitrogen and oxygen atoms in total. The van der Waals surface area contributed by atoms with Crippen LogP contribution in [0.3, 0.4) is 0 Å². The molecule has 0 aliphatic carbocycles. The highest BCUT2D eigenvalue weighted by Gasteiger charge is 2.35. The van der Waals surface area contributed by atoms with Crippen LogP contribution in [0.2, 0.25) is 0 Å². The number of methoxy groups -OCH3 is 1. The Morgan fingerprint density at radius 1 is 1.53 bits per heavy atom. The van der Waals surface area contributed by atoms with Gasteiger partial charge in [-0.25, -0.2) is 0 Å². The van der Waals surface area contributed by atoms with Gasteiger partial charge in [0.05, 0.1) is 6.10 Å². The minimum Gasteiger partial charge on any atom is -0.381 e. The third kappa shape index (κ3) is 2.78. The minimum atomic E-state index is -0.233. The van der Waals surface area contributed by atoms with Gasteiger partial charge < -0.3 is 20.1 Å². The highest BCUT2D eigenvalue weighted by atomic mass is 16.5. The first-order valence-electron chi connectivity index (χ1n) is 6.41. The quantitative estimate of drug-likeness (QED) is 0.764. The molecule has 3 atom stereocenters. The van der Waals surface area contributed by atoms with Crippen molar-refractivity contribution in [3.8, 4) is 0 Å². The van der Waals surface area contributed by atoms with Crippen molar-refractivity contribution in [1.29, 1.82) is 0 Å². The Bertz CT molecular complexity index is 266. The molecule has 98 valence electrons. The lowest BCUT2D eigenvalue weighted by molar-refractivity contribution is -0.146. The van der Waals surface area contributed by atoms with Crippen molar-refractivity contribution in [1.82, 2.24) is 4.90 Å². The maximum absolute atomic E-state index is 12.3. The number of piperidine rings is 1. The average molecular weight is 242 g/mol. The molecule has 2 N–H and O–H groups in total. The molecule has 5 heteroatoms. The normalized spacial score (nSPS) is 34.0. The largest absolute Gasteiger partial charge is 0.381 e. The Balaban J connectivity index is 1.96. The highest BCUT2D eigenvalue weighted by molar-refractivity contribution is 5.81. The van der Waals surface area contributed by atoms with Crippen molar-refractivity contribution >= 4 is 5.91 Å². The molecular formula is C12H22N2O3. The summed E-state index contributed by atoms with van der Waals surface area (Å²) in [7, 11) is 1.72. The number of amides is 1. The fraction of sp³-hybridized carbons (Fsp3) is 0.917. The Kier molecular flexibility index (Phi) is 4.36. The monoisotopic (exact) mass is 242 g/mol. The van der Waals surface area contributed by atoms with E-state index in [1.165, 1.54) is 0 Å². The summed E-state index contributed by atoms with van der Waals surface area (Å²) >= 11 is 0. The molecule has 0 aromatic carbocycles. The van der Waals surface area contributed by atoms with Crippen LogP contribution >= 0.6 is 0 Å². The van der Waals surface area contributed by atoms with E-state index < -0.39 is 0 Å². The van der Waals surface area contributed by atoms with E-state index in [-0.39, 0.29) is 24.2 Å². The van der Waals surface area contributed by atoms with Crippen molar-refractivity contribution in [2.75, 3.05) is 26.8 Å². The molecule has 0 aromatic rings. The predicted octanol–water partition coefficient (Wildman–Crippen LogP) is 0.130. The zero-order valence-corrected chi connectivity index (χ0v) is 10.4. The summed E-state index contributed by atoms with van der Waals surface area (Å²) in [5.74, 6) is 0.118. The molecular weight excluding hydrogens is 220 g/mol. The lowest BCUT2D eigenvalue weighted by Crippen LogP contribution is -2.53. The topological polar surface area (TPSA) is 64.8 Å². The fourth-order valence-electron chi connectivity index (χ4n) is 2.70. The first-order valence-corrected chi connectivity index (χ1v) is 6.41. The predicted molar refractivity (Wildman–Crippen MR) is 63.6 cm³/mol. The first kappa shape index (κ1) is 12.8. The number of nitrogens with zero attached hydrogens (tertiary/aromatic N) is 1. The standard InChI is InChI=1S/C12H22N2O3/c1-16-10-4-5-14(9(7-10)8-13)12(15)11-3-2-6-17-11/h9-11H,2-8,13H2,1H3/t9?,10?,11-/m1/s1. The molecule has 2 rings (SSSR count). The van der Waals surface area contributed by atoms with E-state index in [1.807, 2.05) is 4.90 Å². The van der Waals surface area contributed by atoms with Crippen molar-refractivity contribution in [2.24, 2.45) is 5.73 Å². The lowest BCUT2D eigenvalue weighted by atomic mass is 9.98. The van der Waals surface area contributed by atoms with Gasteiger partial charge >= 0.3 is 0 Å². The van der Waals surface area contributed by atoms with Gasteiger partial charge in [0.15, 0.2) is 0 Å². The van der Waals surface area contributed by atoms with Gasteiger partial charge in [0.2, 0.25) is 0 Å². The van der Waals surface area contributed by atoms with Gasteiger partial charge in [0.1, 0.15) is 6.10 Å². The maximum Gasteiger partial charge on any atom is 0.251 e. The molecule has 0 bridgehead atoms. The van der Waals surface area contributed by atoms with E-state index in [1.54, 1.807) is 7.11 Å². The van der Waals surface area contributed by atoms with Crippen LogP contribution in [0.15, 0.2) is 0 Å². The summed E-state index contributed by atoms with van der Waals surface area (Å²) in [6.07, 6.45) is 3.57. The average Bonchev–Trinajstić information content (AvgIpc) is 2.91. The zero-order valence-electron chi connectivity index (χ0n) is 10.4. The number of hydrogen-bond acceptors (Lipinski definition) is 4. The molecule has 2 saturated heterocycles. The van der Waals surface area contributed by atoms with Gasteiger partial charge in [-0.3, -0.25) is 4.79 Å². The number of ether oxygens (including phenoxy) is 2. The molecule has 1 amide bonds. The number of rotatable bonds is 3. The molecule has 2 aliphatic rings. The SMILES string of the molecule is COC1CCN(C(=O)[C@H]2CCCO2)C(CN)C1. The molecule has 0 radical (unpaired) electrons. The number of hydrogen-bond donors (Lipinski definition) is 1. The number of nitrogens with two attached hydrogens (primary N) is 1. The van der Waals surface area contributed by atoms with Gasteiger partial charge in [-0.2, -0.15) is 0 Å². The third-order valence-corrected chi connectivity index (χ3v) is 3.76. The summed E-state index contributed by atoms with van der Waals surface area (Å²) in [6.45, 7) is 1.94. The Hall–Kier alpha value is -0.650. The third-order valence-electron chi connectivity index (χ3n) is 3.76. The van der Waals surface area contributed by atoms with Crippen LogP contribution in [0.1, 0.15) is 25.7 Å². The molecule has 2 heterocycles. The van der Waals surface area contributed by atoms with Crippen LogP contribution in [0, 0.1) is 0 Å². The molecule has 0 spiro atoms. The summed E-state index contributed by atoms with van der Waals surface area (Å²) in [5.41, 5.74) is 5.76. The van der Waals surface area contributed by atoms with E-state index in [4.69, 9.17) is 15.2 Å². The van der Waals surface area contributed by atoms with Gasteiger partial charge in [0.25, 0.3) is 5.91 Å². The summed E-state index contributed by atoms with van der Waals surface area (Å²) in [4.78, 5) is 14.2. The second-order valence-corrected chi connectivity index (χ2v) is 4.80. The second kappa shape index (κ2) is 5.80. The number of likely N-dealkylation sites (tertiary alicyclic amines) is 1. The maximum atomic E-state index is 12.3. The van der Waals surface area contributed by atoms with Crippen molar-refractivity contribution in [3.63, 3.8) is 0 Å². The van der Waals surface area contributed by atoms with Gasteiger partial charge in [-0.05, 0) is 25.7 Å². The van der Waals surface area contributed by atoms with Crippen LogP contribution in [-0.4, -0.2) is 55.9 Å². The first-order chi connectivity index (χ1) is 8.26. The molecule has 2 fully saturated rings. The fourth-order valence-corrected chi connectivity index (χ4v) is 2.70. The van der Waals surface area contributed by atoms with Crippen LogP contribution in [0.4, 0.5) is 0 Å². The van der Waals surface area contributed by atoms with Crippen LogP contribution < -0.4 is 5.73 Å². The van der Waals surface area contributed by atoms with Crippen molar-refractivity contribution in [2.45, 2.75) is 43.9 Å². The van der Waals surface area contributed by atoms with Gasteiger partial charge in [-0.1, -0.05) is 0 Å². The molecule has 0 aromatic heterocycles. The van der Waals surface area contributed by atoms with Crippen LogP contribution in [0.5, 0.6) is 0 Å². The van der Waals surface area contributed by atoms with E-state index in [2.05, 4.69) is 0 Å². The van der Waals surface area contributed by atoms with E-state index in [0.717, 1.165) is 32.2 Å². The second-order valence-electron chi connectivity index (χ2n) is 4.80. The molecule has 2 aliphatic heterocycles. The summed E-state index contributed by atoms with van der Waals surface area (Å²) in [5, 5.41) is 0. The van der Waals surface area contributed by atoms with Crippen molar-refractivity contribution in [3.05, 3.63) is 0 Å². The number of carbonyl (C=O) groups excluding carboxylic acids is 1. The molecule has 2 unspecified atom stereocenters. The van der Waals surface area contributed by atoms with Gasteiger partial charge in [-0.15, -0.1) is 0 Å². The summed E-state index contributed by atoms with van der Waals surface area (Å²) < 4.78 is 10.8.